The molecule has 1 aromatic heterocycles. The average Bonchev–Trinajstić information content (AvgIpc) is 2.79. The van der Waals surface area contributed by atoms with Crippen LogP contribution in [0.25, 0.3) is 10.8 Å². The van der Waals surface area contributed by atoms with Crippen molar-refractivity contribution in [1.29, 1.82) is 0 Å². The Balaban J connectivity index is 2.02. The number of anilines is 1. The lowest BCUT2D eigenvalue weighted by Gasteiger charge is -2.15. The Morgan fingerprint density at radius 3 is 2.23 bits per heavy atom. The molecule has 8 heteroatoms. The summed E-state index contributed by atoms with van der Waals surface area (Å²) in [5.74, 6) is 0.824. The van der Waals surface area contributed by atoms with Crippen molar-refractivity contribution in [3.63, 3.8) is 0 Å². The Labute approximate surface area is 180 Å². The van der Waals surface area contributed by atoms with Gasteiger partial charge in [0.2, 0.25) is 5.75 Å². The van der Waals surface area contributed by atoms with Crippen molar-refractivity contribution in [3.8, 4) is 17.2 Å². The van der Waals surface area contributed by atoms with Crippen LogP contribution in [0.1, 0.15) is 36.7 Å². The Kier molecular flexibility index (Phi) is 7.12. The van der Waals surface area contributed by atoms with Gasteiger partial charge < -0.3 is 19.5 Å². The first-order valence-electron chi connectivity index (χ1n) is 10.1. The number of benzene rings is 2. The van der Waals surface area contributed by atoms with E-state index in [1.807, 2.05) is 0 Å². The monoisotopic (exact) mass is 425 g/mol. The van der Waals surface area contributed by atoms with E-state index in [2.05, 4.69) is 17.3 Å². The Morgan fingerprint density at radius 2 is 1.65 bits per heavy atom. The zero-order chi connectivity index (χ0) is 22.4. The molecule has 1 N–H and O–H groups in total. The van der Waals surface area contributed by atoms with Crippen molar-refractivity contribution < 1.29 is 19.0 Å². The number of carbonyl (C=O) groups excluding carboxylic acids is 1. The second-order valence-electron chi connectivity index (χ2n) is 7.00. The molecule has 0 bridgehead atoms. The van der Waals surface area contributed by atoms with Crippen molar-refractivity contribution in [2.75, 3.05) is 26.6 Å². The molecule has 0 aliphatic heterocycles. The molecule has 8 nitrogen and oxygen atoms in total. The van der Waals surface area contributed by atoms with Crippen molar-refractivity contribution in [3.05, 3.63) is 52.4 Å². The standard InChI is InChI=1S/C23H27N3O5/c1-5-6-9-12-26-23(28)17-11-8-7-10-16(17)20(25-26)22(27)24-15-13-18(29-2)21(31-4)19(14-15)30-3/h7-8,10-11,13-14H,5-6,9,12H2,1-4H3,(H,24,27). The molecule has 3 rings (SSSR count). The van der Waals surface area contributed by atoms with Crippen LogP contribution in [-0.4, -0.2) is 37.0 Å². The summed E-state index contributed by atoms with van der Waals surface area (Å²) in [7, 11) is 4.52. The number of fused-ring (bicyclic) bond motifs is 1. The van der Waals surface area contributed by atoms with Gasteiger partial charge in [0.15, 0.2) is 17.2 Å². The molecule has 0 spiro atoms. The van der Waals surface area contributed by atoms with Crippen LogP contribution in [0.3, 0.4) is 0 Å². The summed E-state index contributed by atoms with van der Waals surface area (Å²) in [6.07, 6.45) is 2.82. The number of carbonyl (C=O) groups is 1. The molecule has 3 aromatic rings. The van der Waals surface area contributed by atoms with Crippen LogP contribution in [0.15, 0.2) is 41.2 Å². The van der Waals surface area contributed by atoms with Gasteiger partial charge in [0.1, 0.15) is 0 Å². The minimum absolute atomic E-state index is 0.181. The number of nitrogens with one attached hydrogen (secondary N) is 1. The van der Waals surface area contributed by atoms with E-state index in [4.69, 9.17) is 14.2 Å². The first kappa shape index (κ1) is 22.1. The molecule has 0 aliphatic rings. The van der Waals surface area contributed by atoms with E-state index in [-0.39, 0.29) is 11.3 Å². The topological polar surface area (TPSA) is 91.7 Å². The Morgan fingerprint density at radius 1 is 1.00 bits per heavy atom. The summed E-state index contributed by atoms with van der Waals surface area (Å²) in [6, 6.07) is 10.3. The van der Waals surface area contributed by atoms with Gasteiger partial charge in [-0.05, 0) is 12.5 Å². The highest BCUT2D eigenvalue weighted by atomic mass is 16.5. The fourth-order valence-corrected chi connectivity index (χ4v) is 3.41. The normalized spacial score (nSPS) is 10.7. The van der Waals surface area contributed by atoms with Gasteiger partial charge in [-0.1, -0.05) is 38.0 Å². The molecule has 0 aliphatic carbocycles. The molecule has 0 unspecified atom stereocenters. The Hall–Kier alpha value is -3.55. The number of methoxy groups -OCH3 is 3. The fraction of sp³-hybridized carbons (Fsp3) is 0.348. The molecule has 1 heterocycles. The average molecular weight is 425 g/mol. The van der Waals surface area contributed by atoms with E-state index < -0.39 is 5.91 Å². The first-order valence-corrected chi connectivity index (χ1v) is 10.1. The SMILES string of the molecule is CCCCCn1nc(C(=O)Nc2cc(OC)c(OC)c(OC)c2)c2ccccc2c1=O. The zero-order valence-electron chi connectivity index (χ0n) is 18.2. The van der Waals surface area contributed by atoms with Crippen LogP contribution in [0.2, 0.25) is 0 Å². The smallest absolute Gasteiger partial charge is 0.276 e. The van der Waals surface area contributed by atoms with E-state index >= 15 is 0 Å². The van der Waals surface area contributed by atoms with Crippen LogP contribution in [0.4, 0.5) is 5.69 Å². The minimum Gasteiger partial charge on any atom is -0.493 e. The third kappa shape index (κ3) is 4.63. The van der Waals surface area contributed by atoms with Crippen molar-refractivity contribution >= 4 is 22.4 Å². The largest absolute Gasteiger partial charge is 0.493 e. The lowest BCUT2D eigenvalue weighted by molar-refractivity contribution is 0.102. The number of amides is 1. The third-order valence-electron chi connectivity index (χ3n) is 4.98. The highest BCUT2D eigenvalue weighted by Crippen LogP contribution is 2.40. The molecule has 2 aromatic carbocycles. The number of hydrogen-bond donors (Lipinski definition) is 1. The number of aryl methyl sites for hydroxylation is 1. The maximum absolute atomic E-state index is 13.2. The van der Waals surface area contributed by atoms with Gasteiger partial charge >= 0.3 is 0 Å². The van der Waals surface area contributed by atoms with Crippen molar-refractivity contribution in [2.45, 2.75) is 32.7 Å². The van der Waals surface area contributed by atoms with Gasteiger partial charge in [0, 0.05) is 29.8 Å². The Bertz CT molecular complexity index is 1110. The molecule has 0 radical (unpaired) electrons. The maximum atomic E-state index is 13.2. The molecule has 0 fully saturated rings. The molecule has 0 saturated heterocycles. The van der Waals surface area contributed by atoms with E-state index in [0.717, 1.165) is 19.3 Å². The van der Waals surface area contributed by atoms with Crippen molar-refractivity contribution in [2.24, 2.45) is 0 Å². The summed E-state index contributed by atoms with van der Waals surface area (Å²) in [5, 5.41) is 8.19. The molecule has 1 amide bonds. The highest BCUT2D eigenvalue weighted by Gasteiger charge is 2.19. The van der Waals surface area contributed by atoms with E-state index in [0.29, 0.717) is 40.3 Å². The van der Waals surface area contributed by atoms with Crippen LogP contribution < -0.4 is 25.1 Å². The second kappa shape index (κ2) is 9.97. The number of ether oxygens (including phenoxy) is 3. The van der Waals surface area contributed by atoms with Crippen LogP contribution in [0.5, 0.6) is 17.2 Å². The van der Waals surface area contributed by atoms with Gasteiger partial charge in [-0.15, -0.1) is 0 Å². The molecule has 0 saturated carbocycles. The van der Waals surface area contributed by atoms with Crippen molar-refractivity contribution in [1.82, 2.24) is 9.78 Å². The zero-order valence-corrected chi connectivity index (χ0v) is 18.2. The predicted molar refractivity (Wildman–Crippen MR) is 120 cm³/mol. The summed E-state index contributed by atoms with van der Waals surface area (Å²) >= 11 is 0. The molecule has 31 heavy (non-hydrogen) atoms. The molecular weight excluding hydrogens is 398 g/mol. The van der Waals surface area contributed by atoms with E-state index in [1.165, 1.54) is 26.0 Å². The summed E-state index contributed by atoms with van der Waals surface area (Å²) in [6.45, 7) is 2.55. The highest BCUT2D eigenvalue weighted by molar-refractivity contribution is 6.11. The summed E-state index contributed by atoms with van der Waals surface area (Å²) in [4.78, 5) is 26.0. The van der Waals surface area contributed by atoms with Crippen LogP contribution in [-0.2, 0) is 6.54 Å². The molecule has 0 atom stereocenters. The number of unbranched alkanes of at least 4 members (excludes halogenated alkanes) is 2. The number of nitrogens with zero attached hydrogens (tertiary/aromatic N) is 2. The lowest BCUT2D eigenvalue weighted by atomic mass is 10.1. The van der Waals surface area contributed by atoms with E-state index in [1.54, 1.807) is 36.4 Å². The number of hydrogen-bond acceptors (Lipinski definition) is 6. The van der Waals surface area contributed by atoms with Gasteiger partial charge in [0.05, 0.1) is 26.7 Å². The summed E-state index contributed by atoms with van der Waals surface area (Å²) in [5.41, 5.74) is 0.436. The van der Waals surface area contributed by atoms with Gasteiger partial charge in [-0.3, -0.25) is 9.59 Å². The predicted octanol–water partition coefficient (Wildman–Crippen LogP) is 3.86. The molecular formula is C23H27N3O5. The summed E-state index contributed by atoms with van der Waals surface area (Å²) < 4.78 is 17.4. The van der Waals surface area contributed by atoms with E-state index in [9.17, 15) is 9.59 Å². The van der Waals surface area contributed by atoms with Crippen LogP contribution >= 0.6 is 0 Å². The quantitative estimate of drug-likeness (QED) is 0.524. The number of aromatic nitrogens is 2. The van der Waals surface area contributed by atoms with Crippen LogP contribution in [0, 0.1) is 0 Å². The fourth-order valence-electron chi connectivity index (χ4n) is 3.41. The van der Waals surface area contributed by atoms with Gasteiger partial charge in [-0.25, -0.2) is 4.68 Å². The minimum atomic E-state index is -0.435. The second-order valence-corrected chi connectivity index (χ2v) is 7.00. The molecule has 164 valence electrons. The number of rotatable bonds is 9. The third-order valence-corrected chi connectivity index (χ3v) is 4.98. The van der Waals surface area contributed by atoms with Gasteiger partial charge in [-0.2, -0.15) is 5.10 Å². The lowest BCUT2D eigenvalue weighted by Crippen LogP contribution is -2.27. The first-order chi connectivity index (χ1) is 15.0. The van der Waals surface area contributed by atoms with Gasteiger partial charge in [0.25, 0.3) is 11.5 Å². The maximum Gasteiger partial charge on any atom is 0.276 e.